The Morgan fingerprint density at radius 1 is 1.12 bits per heavy atom. The van der Waals surface area contributed by atoms with Gasteiger partial charge in [0.2, 0.25) is 0 Å². The normalized spacial score (nSPS) is 10.1. The number of aldehydes is 1. The highest BCUT2D eigenvalue weighted by Crippen LogP contribution is 2.26. The first-order valence-corrected chi connectivity index (χ1v) is 7.76. The molecule has 5 heteroatoms. The van der Waals surface area contributed by atoms with Crippen LogP contribution in [0.2, 0.25) is 0 Å². The Balaban J connectivity index is 2.06. The minimum absolute atomic E-state index is 0.124. The van der Waals surface area contributed by atoms with Crippen molar-refractivity contribution in [3.8, 4) is 11.5 Å². The largest absolute Gasteiger partial charge is 0.492 e. The van der Waals surface area contributed by atoms with E-state index in [1.54, 1.807) is 18.2 Å². The van der Waals surface area contributed by atoms with Crippen LogP contribution in [0, 0.1) is 13.8 Å². The number of nitrogens with one attached hydrogen (secondary N) is 1. The van der Waals surface area contributed by atoms with Gasteiger partial charge in [-0.3, -0.25) is 9.59 Å². The van der Waals surface area contributed by atoms with E-state index in [1.165, 1.54) is 0 Å². The molecule has 0 aliphatic rings. The van der Waals surface area contributed by atoms with Crippen molar-refractivity contribution in [2.24, 2.45) is 0 Å². The monoisotopic (exact) mass is 327 g/mol. The van der Waals surface area contributed by atoms with Crippen LogP contribution in [0.5, 0.6) is 11.5 Å². The molecule has 0 atom stereocenters. The van der Waals surface area contributed by atoms with Crippen molar-refractivity contribution >= 4 is 17.9 Å². The van der Waals surface area contributed by atoms with Gasteiger partial charge >= 0.3 is 0 Å². The average Bonchev–Trinajstić information content (AvgIpc) is 2.58. The molecule has 1 N–H and O–H groups in total. The number of carbonyl (C=O) groups excluding carboxylic acids is 2. The van der Waals surface area contributed by atoms with E-state index < -0.39 is 0 Å². The third-order valence-corrected chi connectivity index (χ3v) is 3.63. The van der Waals surface area contributed by atoms with Crippen molar-refractivity contribution in [2.45, 2.75) is 20.8 Å². The highest BCUT2D eigenvalue weighted by molar-refractivity contribution is 5.94. The zero-order valence-electron chi connectivity index (χ0n) is 14.1. The van der Waals surface area contributed by atoms with E-state index in [0.717, 1.165) is 17.4 Å². The molecule has 0 radical (unpaired) electrons. The molecule has 2 aromatic rings. The van der Waals surface area contributed by atoms with Crippen LogP contribution in [0.1, 0.15) is 28.4 Å². The predicted octanol–water partition coefficient (Wildman–Crippen LogP) is 3.53. The van der Waals surface area contributed by atoms with Gasteiger partial charge in [0.15, 0.2) is 6.61 Å². The van der Waals surface area contributed by atoms with Crippen LogP contribution < -0.4 is 14.8 Å². The number of hydrogen-bond acceptors (Lipinski definition) is 4. The number of aryl methyl sites for hydroxylation is 1. The quantitative estimate of drug-likeness (QED) is 0.790. The second-order valence-electron chi connectivity index (χ2n) is 5.34. The van der Waals surface area contributed by atoms with Gasteiger partial charge in [-0.25, -0.2) is 0 Å². The van der Waals surface area contributed by atoms with Crippen LogP contribution >= 0.6 is 0 Å². The molecule has 0 unspecified atom stereocenters. The summed E-state index contributed by atoms with van der Waals surface area (Å²) in [7, 11) is 0. The Morgan fingerprint density at radius 3 is 2.62 bits per heavy atom. The summed E-state index contributed by atoms with van der Waals surface area (Å²) in [5.74, 6) is 0.875. The molecule has 0 aromatic heterocycles. The topological polar surface area (TPSA) is 64.6 Å². The maximum absolute atomic E-state index is 12.2. The lowest BCUT2D eigenvalue weighted by Crippen LogP contribution is -2.21. The molecule has 0 aliphatic heterocycles. The lowest BCUT2D eigenvalue weighted by Gasteiger charge is -2.13. The summed E-state index contributed by atoms with van der Waals surface area (Å²) in [5.41, 5.74) is 3.02. The van der Waals surface area contributed by atoms with E-state index in [1.807, 2.05) is 39.0 Å². The van der Waals surface area contributed by atoms with Gasteiger partial charge in [0.25, 0.3) is 5.91 Å². The van der Waals surface area contributed by atoms with Gasteiger partial charge in [0.1, 0.15) is 17.8 Å². The lowest BCUT2D eigenvalue weighted by atomic mass is 10.1. The highest BCUT2D eigenvalue weighted by atomic mass is 16.5. The third-order valence-electron chi connectivity index (χ3n) is 3.63. The van der Waals surface area contributed by atoms with E-state index in [9.17, 15) is 9.59 Å². The second kappa shape index (κ2) is 8.15. The first-order chi connectivity index (χ1) is 11.5. The van der Waals surface area contributed by atoms with Crippen LogP contribution in [-0.4, -0.2) is 25.4 Å². The molecule has 1 amide bonds. The average molecular weight is 327 g/mol. The van der Waals surface area contributed by atoms with Gasteiger partial charge in [-0.1, -0.05) is 12.1 Å². The van der Waals surface area contributed by atoms with Crippen molar-refractivity contribution in [3.05, 3.63) is 53.1 Å². The Bertz CT molecular complexity index is 740. The molecule has 24 heavy (non-hydrogen) atoms. The summed E-state index contributed by atoms with van der Waals surface area (Å²) >= 11 is 0. The number of rotatable bonds is 7. The molecular weight excluding hydrogens is 306 g/mol. The third kappa shape index (κ3) is 4.35. The van der Waals surface area contributed by atoms with Gasteiger partial charge < -0.3 is 14.8 Å². The van der Waals surface area contributed by atoms with Crippen molar-refractivity contribution in [3.63, 3.8) is 0 Å². The lowest BCUT2D eigenvalue weighted by molar-refractivity contribution is -0.118. The summed E-state index contributed by atoms with van der Waals surface area (Å²) in [5, 5.41) is 2.73. The Hall–Kier alpha value is -2.82. The molecule has 126 valence electrons. The maximum atomic E-state index is 12.2. The highest BCUT2D eigenvalue weighted by Gasteiger charge is 2.11. The summed E-state index contributed by atoms with van der Waals surface area (Å²) in [6, 6.07) is 10.6. The fourth-order valence-electron chi connectivity index (χ4n) is 2.21. The summed E-state index contributed by atoms with van der Waals surface area (Å²) in [6.45, 7) is 6.12. The SMILES string of the molecule is CCOc1ccc(C=O)cc1NC(=O)COc1cccc(C)c1C. The molecule has 2 rings (SSSR count). The summed E-state index contributed by atoms with van der Waals surface area (Å²) in [4.78, 5) is 23.1. The van der Waals surface area contributed by atoms with Crippen molar-refractivity contribution < 1.29 is 19.1 Å². The number of ether oxygens (including phenoxy) is 2. The van der Waals surface area contributed by atoms with Crippen molar-refractivity contribution in [1.29, 1.82) is 0 Å². The van der Waals surface area contributed by atoms with Crippen LogP contribution in [0.4, 0.5) is 5.69 Å². The number of carbonyl (C=O) groups is 2. The minimum Gasteiger partial charge on any atom is -0.492 e. The Morgan fingerprint density at radius 2 is 1.92 bits per heavy atom. The van der Waals surface area contributed by atoms with Crippen LogP contribution in [0.3, 0.4) is 0 Å². The van der Waals surface area contributed by atoms with E-state index in [2.05, 4.69) is 5.32 Å². The van der Waals surface area contributed by atoms with Crippen LogP contribution in [0.15, 0.2) is 36.4 Å². The smallest absolute Gasteiger partial charge is 0.262 e. The van der Waals surface area contributed by atoms with E-state index in [0.29, 0.717) is 29.4 Å². The molecule has 0 heterocycles. The van der Waals surface area contributed by atoms with Crippen LogP contribution in [-0.2, 0) is 4.79 Å². The molecule has 2 aromatic carbocycles. The zero-order valence-corrected chi connectivity index (χ0v) is 14.1. The maximum Gasteiger partial charge on any atom is 0.262 e. The van der Waals surface area contributed by atoms with Crippen LogP contribution in [0.25, 0.3) is 0 Å². The first-order valence-electron chi connectivity index (χ1n) is 7.76. The minimum atomic E-state index is -0.320. The Kier molecular flexibility index (Phi) is 5.95. The summed E-state index contributed by atoms with van der Waals surface area (Å²) < 4.78 is 11.0. The van der Waals surface area contributed by atoms with Crippen molar-refractivity contribution in [1.82, 2.24) is 0 Å². The zero-order chi connectivity index (χ0) is 17.5. The number of amides is 1. The number of benzene rings is 2. The van der Waals surface area contributed by atoms with Gasteiger partial charge in [-0.2, -0.15) is 0 Å². The molecular formula is C19H21NO4. The Labute approximate surface area is 141 Å². The van der Waals surface area contributed by atoms with E-state index in [4.69, 9.17) is 9.47 Å². The van der Waals surface area contributed by atoms with E-state index in [-0.39, 0.29) is 12.5 Å². The molecule has 5 nitrogen and oxygen atoms in total. The van der Waals surface area contributed by atoms with Gasteiger partial charge in [0, 0.05) is 5.56 Å². The molecule has 0 spiro atoms. The van der Waals surface area contributed by atoms with E-state index >= 15 is 0 Å². The predicted molar refractivity (Wildman–Crippen MR) is 93.0 cm³/mol. The molecule has 0 bridgehead atoms. The van der Waals surface area contributed by atoms with Gasteiger partial charge in [-0.05, 0) is 56.2 Å². The van der Waals surface area contributed by atoms with Gasteiger partial charge in [0.05, 0.1) is 12.3 Å². The fourth-order valence-corrected chi connectivity index (χ4v) is 2.21. The molecule has 0 aliphatic carbocycles. The second-order valence-corrected chi connectivity index (χ2v) is 5.34. The van der Waals surface area contributed by atoms with Gasteiger partial charge in [-0.15, -0.1) is 0 Å². The summed E-state index contributed by atoms with van der Waals surface area (Å²) in [6.07, 6.45) is 0.720. The number of hydrogen-bond donors (Lipinski definition) is 1. The first kappa shape index (κ1) is 17.5. The molecule has 0 saturated carbocycles. The standard InChI is InChI=1S/C19H21NO4/c1-4-23-18-9-8-15(11-21)10-16(18)20-19(22)12-24-17-7-5-6-13(2)14(17)3/h5-11H,4,12H2,1-3H3,(H,20,22). The van der Waals surface area contributed by atoms with Crippen molar-refractivity contribution in [2.75, 3.05) is 18.5 Å². The molecule has 0 saturated heterocycles. The molecule has 0 fully saturated rings. The number of anilines is 1. The fraction of sp³-hybridized carbons (Fsp3) is 0.263.